The van der Waals surface area contributed by atoms with Crippen LogP contribution >= 0.6 is 11.8 Å². The maximum atomic E-state index is 13.1. The molecule has 1 aliphatic carbocycles. The summed E-state index contributed by atoms with van der Waals surface area (Å²) in [6, 6.07) is 16.0. The molecule has 2 amide bonds. The number of amides is 2. The summed E-state index contributed by atoms with van der Waals surface area (Å²) in [5.74, 6) is 0.362. The van der Waals surface area contributed by atoms with Crippen molar-refractivity contribution < 1.29 is 14.3 Å². The van der Waals surface area contributed by atoms with Gasteiger partial charge in [-0.15, -0.1) is 0 Å². The van der Waals surface area contributed by atoms with E-state index in [-0.39, 0.29) is 18.0 Å². The highest BCUT2D eigenvalue weighted by Crippen LogP contribution is 2.32. The number of benzene rings is 2. The molecule has 1 aliphatic rings. The zero-order chi connectivity index (χ0) is 23.5. The molecule has 5 nitrogen and oxygen atoms in total. The van der Waals surface area contributed by atoms with Crippen LogP contribution in [0.5, 0.6) is 5.75 Å². The van der Waals surface area contributed by atoms with E-state index in [9.17, 15) is 9.59 Å². The lowest BCUT2D eigenvalue weighted by atomic mass is 9.96. The summed E-state index contributed by atoms with van der Waals surface area (Å²) in [6.45, 7) is 4.81. The molecule has 178 valence electrons. The van der Waals surface area contributed by atoms with E-state index in [0.29, 0.717) is 18.7 Å². The van der Waals surface area contributed by atoms with Crippen molar-refractivity contribution in [2.75, 3.05) is 11.4 Å². The summed E-state index contributed by atoms with van der Waals surface area (Å²) in [7, 11) is 0. The van der Waals surface area contributed by atoms with Gasteiger partial charge in [-0.3, -0.25) is 9.69 Å². The second kappa shape index (κ2) is 13.3. The highest BCUT2D eigenvalue weighted by atomic mass is 32.2. The number of nitrogens with zero attached hydrogens (tertiary/aromatic N) is 1. The van der Waals surface area contributed by atoms with E-state index in [0.717, 1.165) is 47.6 Å². The minimum absolute atomic E-state index is 0.00995. The third-order valence-electron chi connectivity index (χ3n) is 5.79. The monoisotopic (exact) mass is 468 g/mol. The van der Waals surface area contributed by atoms with Crippen molar-refractivity contribution >= 4 is 29.4 Å². The molecule has 0 atom stereocenters. The number of ether oxygens (including phenoxy) is 1. The Kier molecular flexibility index (Phi) is 10.1. The van der Waals surface area contributed by atoms with Crippen LogP contribution in [-0.4, -0.2) is 24.6 Å². The van der Waals surface area contributed by atoms with Crippen molar-refractivity contribution in [1.82, 2.24) is 5.32 Å². The summed E-state index contributed by atoms with van der Waals surface area (Å²) in [5.41, 5.74) is 0.923. The molecular formula is C27H36N2O3S. The summed E-state index contributed by atoms with van der Waals surface area (Å²) >= 11 is 1.63. The van der Waals surface area contributed by atoms with E-state index in [1.165, 1.54) is 19.3 Å². The largest absolute Gasteiger partial charge is 0.427 e. The van der Waals surface area contributed by atoms with E-state index in [1.807, 2.05) is 48.2 Å². The molecule has 2 aromatic carbocycles. The Morgan fingerprint density at radius 1 is 1.00 bits per heavy atom. The van der Waals surface area contributed by atoms with E-state index < -0.39 is 0 Å². The third-order valence-corrected chi connectivity index (χ3v) is 6.79. The molecule has 0 aliphatic heterocycles. The topological polar surface area (TPSA) is 58.6 Å². The second-order valence-corrected chi connectivity index (χ2v) is 9.73. The molecule has 6 heteroatoms. The molecule has 0 heterocycles. The van der Waals surface area contributed by atoms with Gasteiger partial charge < -0.3 is 10.1 Å². The first-order valence-corrected chi connectivity index (χ1v) is 13.1. The molecule has 2 aromatic rings. The van der Waals surface area contributed by atoms with Crippen LogP contribution in [0.15, 0.2) is 58.3 Å². The first kappa shape index (κ1) is 25.2. The standard InChI is InChI=1S/C27H36N2O3S/c1-3-5-19-29(27(31)28-21-11-7-6-8-12-21)22-13-9-14-25(20-22)33-24-17-15-23(16-18-24)32-26(30)10-4-2/h9,13-18,20-21H,3-8,10-12,19H2,1-2H3,(H,28,31). The van der Waals surface area contributed by atoms with Gasteiger partial charge >= 0.3 is 12.0 Å². The van der Waals surface area contributed by atoms with Gasteiger partial charge in [0.25, 0.3) is 0 Å². The maximum Gasteiger partial charge on any atom is 0.322 e. The van der Waals surface area contributed by atoms with Gasteiger partial charge in [-0.1, -0.05) is 57.4 Å². The average Bonchev–Trinajstić information content (AvgIpc) is 2.82. The minimum atomic E-state index is -0.204. The molecule has 1 saturated carbocycles. The Balaban J connectivity index is 1.67. The first-order chi connectivity index (χ1) is 16.1. The number of rotatable bonds is 10. The number of carbonyl (C=O) groups is 2. The number of anilines is 1. The van der Waals surface area contributed by atoms with Crippen LogP contribution in [0, 0.1) is 0 Å². The van der Waals surface area contributed by atoms with Crippen LogP contribution in [0.1, 0.15) is 71.6 Å². The van der Waals surface area contributed by atoms with Crippen molar-refractivity contribution in [2.24, 2.45) is 0 Å². The first-order valence-electron chi connectivity index (χ1n) is 12.3. The number of urea groups is 1. The summed E-state index contributed by atoms with van der Waals surface area (Å²) < 4.78 is 5.34. The summed E-state index contributed by atoms with van der Waals surface area (Å²) in [4.78, 5) is 28.8. The fourth-order valence-corrected chi connectivity index (χ4v) is 4.85. The predicted octanol–water partition coefficient (Wildman–Crippen LogP) is 7.19. The maximum absolute atomic E-state index is 13.1. The van der Waals surface area contributed by atoms with Crippen molar-refractivity contribution in [3.05, 3.63) is 48.5 Å². The molecule has 0 unspecified atom stereocenters. The van der Waals surface area contributed by atoms with Gasteiger partial charge in [0.2, 0.25) is 0 Å². The third kappa shape index (κ3) is 8.11. The number of unbranched alkanes of at least 4 members (excludes halogenated alkanes) is 1. The molecule has 0 aromatic heterocycles. The van der Waals surface area contributed by atoms with Crippen LogP contribution in [0.3, 0.4) is 0 Å². The minimum Gasteiger partial charge on any atom is -0.427 e. The number of esters is 1. The Labute approximate surface area is 202 Å². The van der Waals surface area contributed by atoms with E-state index >= 15 is 0 Å². The zero-order valence-electron chi connectivity index (χ0n) is 19.8. The fraction of sp³-hybridized carbons (Fsp3) is 0.481. The quantitative estimate of drug-likeness (QED) is 0.296. The van der Waals surface area contributed by atoms with E-state index in [4.69, 9.17) is 4.74 Å². The molecular weight excluding hydrogens is 432 g/mol. The van der Waals surface area contributed by atoms with Crippen LogP contribution in [0.2, 0.25) is 0 Å². The van der Waals surface area contributed by atoms with Crippen molar-refractivity contribution in [1.29, 1.82) is 0 Å². The molecule has 1 fully saturated rings. The molecule has 33 heavy (non-hydrogen) atoms. The number of carbonyl (C=O) groups excluding carboxylic acids is 2. The van der Waals surface area contributed by atoms with Crippen molar-refractivity contribution in [3.8, 4) is 5.75 Å². The SMILES string of the molecule is CCCCN(C(=O)NC1CCCCC1)c1cccc(Sc2ccc(OC(=O)CCC)cc2)c1. The predicted molar refractivity (Wildman–Crippen MR) is 135 cm³/mol. The van der Waals surface area contributed by atoms with Crippen molar-refractivity contribution in [2.45, 2.75) is 87.5 Å². The molecule has 3 rings (SSSR count). The number of hydrogen-bond acceptors (Lipinski definition) is 4. The number of nitrogens with one attached hydrogen (secondary N) is 1. The Morgan fingerprint density at radius 2 is 1.76 bits per heavy atom. The van der Waals surface area contributed by atoms with Gasteiger partial charge in [-0.05, 0) is 68.1 Å². The normalized spacial score (nSPS) is 14.0. The molecule has 0 bridgehead atoms. The van der Waals surface area contributed by atoms with Crippen LogP contribution < -0.4 is 15.0 Å². The van der Waals surface area contributed by atoms with Crippen molar-refractivity contribution in [3.63, 3.8) is 0 Å². The Bertz CT molecular complexity index is 894. The molecule has 1 N–H and O–H groups in total. The van der Waals surface area contributed by atoms with Gasteiger partial charge in [0.05, 0.1) is 0 Å². The fourth-order valence-electron chi connectivity index (χ4n) is 3.98. The van der Waals surface area contributed by atoms with E-state index in [2.05, 4.69) is 24.4 Å². The summed E-state index contributed by atoms with van der Waals surface area (Å²) in [5, 5.41) is 3.26. The average molecular weight is 469 g/mol. The number of hydrogen-bond donors (Lipinski definition) is 1. The van der Waals surface area contributed by atoms with Gasteiger partial charge in [-0.2, -0.15) is 0 Å². The summed E-state index contributed by atoms with van der Waals surface area (Å²) in [6.07, 6.45) is 9.02. The van der Waals surface area contributed by atoms with Gasteiger partial charge in [0.15, 0.2) is 0 Å². The Hall–Kier alpha value is -2.47. The Morgan fingerprint density at radius 3 is 2.45 bits per heavy atom. The lowest BCUT2D eigenvalue weighted by Crippen LogP contribution is -2.46. The van der Waals surface area contributed by atoms with Gasteiger partial charge in [-0.25, -0.2) is 4.79 Å². The molecule has 0 saturated heterocycles. The van der Waals surface area contributed by atoms with Gasteiger partial charge in [0.1, 0.15) is 5.75 Å². The van der Waals surface area contributed by atoms with Crippen LogP contribution in [-0.2, 0) is 4.79 Å². The van der Waals surface area contributed by atoms with Crippen LogP contribution in [0.4, 0.5) is 10.5 Å². The highest BCUT2D eigenvalue weighted by molar-refractivity contribution is 7.99. The van der Waals surface area contributed by atoms with E-state index in [1.54, 1.807) is 11.8 Å². The van der Waals surface area contributed by atoms with Gasteiger partial charge in [0, 0.05) is 34.5 Å². The zero-order valence-corrected chi connectivity index (χ0v) is 20.7. The van der Waals surface area contributed by atoms with Crippen LogP contribution in [0.25, 0.3) is 0 Å². The smallest absolute Gasteiger partial charge is 0.322 e. The lowest BCUT2D eigenvalue weighted by Gasteiger charge is -2.28. The second-order valence-electron chi connectivity index (χ2n) is 8.58. The molecule has 0 spiro atoms. The highest BCUT2D eigenvalue weighted by Gasteiger charge is 2.21. The lowest BCUT2D eigenvalue weighted by molar-refractivity contribution is -0.134. The molecule has 0 radical (unpaired) electrons.